The van der Waals surface area contributed by atoms with Gasteiger partial charge in [-0.25, -0.2) is 0 Å². The maximum Gasteiger partial charge on any atom is 0.251 e. The number of amides is 1. The Bertz CT molecular complexity index is 690. The van der Waals surface area contributed by atoms with Gasteiger partial charge in [0.25, 0.3) is 5.56 Å². The zero-order valence-corrected chi connectivity index (χ0v) is 12.9. The summed E-state index contributed by atoms with van der Waals surface area (Å²) in [6.07, 6.45) is 2.27. The highest BCUT2D eigenvalue weighted by Gasteiger charge is 2.10. The number of nitrogen functional groups attached to an aromatic ring is 1. The lowest BCUT2D eigenvalue weighted by molar-refractivity contribution is -0.122. The van der Waals surface area contributed by atoms with E-state index in [1.165, 1.54) is 32.7 Å². The number of pyridine rings is 1. The van der Waals surface area contributed by atoms with Crippen molar-refractivity contribution in [3.8, 4) is 0 Å². The Kier molecular flexibility index (Phi) is 4.80. The van der Waals surface area contributed by atoms with Gasteiger partial charge < -0.3 is 15.6 Å². The summed E-state index contributed by atoms with van der Waals surface area (Å²) >= 11 is 1.73. The molecule has 0 aliphatic rings. The van der Waals surface area contributed by atoms with Crippen LogP contribution in [0.25, 0.3) is 0 Å². The summed E-state index contributed by atoms with van der Waals surface area (Å²) in [5.41, 5.74) is 5.85. The van der Waals surface area contributed by atoms with Gasteiger partial charge in [-0.3, -0.25) is 9.59 Å². The zero-order valence-electron chi connectivity index (χ0n) is 12.1. The van der Waals surface area contributed by atoms with E-state index < -0.39 is 0 Å². The van der Waals surface area contributed by atoms with Crippen LogP contribution in [0, 0.1) is 6.92 Å². The lowest BCUT2D eigenvalue weighted by Crippen LogP contribution is -2.38. The summed E-state index contributed by atoms with van der Waals surface area (Å²) in [5, 5.41) is 2.90. The van der Waals surface area contributed by atoms with Crippen LogP contribution < -0.4 is 16.6 Å². The van der Waals surface area contributed by atoms with Crippen molar-refractivity contribution in [3.63, 3.8) is 0 Å². The van der Waals surface area contributed by atoms with Gasteiger partial charge in [0, 0.05) is 40.2 Å². The molecule has 1 amide bonds. The summed E-state index contributed by atoms with van der Waals surface area (Å²) in [4.78, 5) is 26.1. The lowest BCUT2D eigenvalue weighted by Gasteiger charge is -2.14. The molecule has 0 fully saturated rings. The number of aryl methyl sites for hydroxylation is 1. The third-order valence-electron chi connectivity index (χ3n) is 3.03. The van der Waals surface area contributed by atoms with Crippen LogP contribution in [-0.4, -0.2) is 16.5 Å². The van der Waals surface area contributed by atoms with Gasteiger partial charge in [0.15, 0.2) is 0 Å². The molecule has 2 aromatic rings. The Morgan fingerprint density at radius 2 is 2.14 bits per heavy atom. The Morgan fingerprint density at radius 1 is 1.38 bits per heavy atom. The highest BCUT2D eigenvalue weighted by Crippen LogP contribution is 2.16. The molecule has 0 bridgehead atoms. The highest BCUT2D eigenvalue weighted by atomic mass is 32.1. The first-order valence-corrected chi connectivity index (χ1v) is 7.56. The van der Waals surface area contributed by atoms with Crippen molar-refractivity contribution < 1.29 is 4.79 Å². The first kappa shape index (κ1) is 15.3. The number of nitrogens with one attached hydrogen (secondary N) is 1. The number of hydrogen-bond donors (Lipinski definition) is 2. The zero-order chi connectivity index (χ0) is 15.4. The van der Waals surface area contributed by atoms with Crippen LogP contribution in [0.1, 0.15) is 16.7 Å². The fourth-order valence-corrected chi connectivity index (χ4v) is 3.12. The Hall–Kier alpha value is -2.08. The largest absolute Gasteiger partial charge is 0.398 e. The molecular formula is C15H19N3O2S. The molecule has 0 saturated heterocycles. The number of carbonyl (C=O) groups excluding carboxylic acids is 1. The fourth-order valence-electron chi connectivity index (χ4n) is 2.10. The molecular weight excluding hydrogens is 286 g/mol. The van der Waals surface area contributed by atoms with E-state index in [0.29, 0.717) is 5.69 Å². The second-order valence-corrected chi connectivity index (χ2v) is 6.49. The van der Waals surface area contributed by atoms with Crippen LogP contribution in [-0.2, 0) is 17.8 Å². The van der Waals surface area contributed by atoms with Crippen LogP contribution in [0.3, 0.4) is 0 Å². The monoisotopic (exact) mass is 305 g/mol. The quantitative estimate of drug-likeness (QED) is 0.880. The smallest absolute Gasteiger partial charge is 0.251 e. The van der Waals surface area contributed by atoms with Gasteiger partial charge in [-0.05, 0) is 32.0 Å². The average molecular weight is 305 g/mol. The molecule has 2 aromatic heterocycles. The number of rotatable bonds is 5. The summed E-state index contributed by atoms with van der Waals surface area (Å²) in [6.45, 7) is 4.00. The molecule has 112 valence electrons. The fraction of sp³-hybridized carbons (Fsp3) is 0.333. The molecule has 1 atom stereocenters. The maximum absolute atomic E-state index is 12.0. The van der Waals surface area contributed by atoms with Crippen molar-refractivity contribution in [3.05, 3.63) is 50.6 Å². The minimum Gasteiger partial charge on any atom is -0.398 e. The topological polar surface area (TPSA) is 77.1 Å². The molecule has 0 radical (unpaired) electrons. The van der Waals surface area contributed by atoms with Crippen molar-refractivity contribution >= 4 is 22.9 Å². The molecule has 6 heteroatoms. The molecule has 2 rings (SSSR count). The van der Waals surface area contributed by atoms with Gasteiger partial charge in [0.2, 0.25) is 5.91 Å². The van der Waals surface area contributed by atoms with Crippen LogP contribution in [0.2, 0.25) is 0 Å². The summed E-state index contributed by atoms with van der Waals surface area (Å²) in [7, 11) is 0. The third-order valence-corrected chi connectivity index (χ3v) is 4.05. The van der Waals surface area contributed by atoms with Gasteiger partial charge >= 0.3 is 0 Å². The van der Waals surface area contributed by atoms with Crippen molar-refractivity contribution in [2.45, 2.75) is 32.9 Å². The average Bonchev–Trinajstić information content (AvgIpc) is 2.79. The van der Waals surface area contributed by atoms with Crippen LogP contribution in [0.4, 0.5) is 5.69 Å². The predicted molar refractivity (Wildman–Crippen MR) is 85.5 cm³/mol. The molecule has 0 aliphatic carbocycles. The van der Waals surface area contributed by atoms with E-state index in [2.05, 4.69) is 24.4 Å². The number of nitrogens with zero attached hydrogens (tertiary/aromatic N) is 1. The van der Waals surface area contributed by atoms with Gasteiger partial charge in [0.05, 0.1) is 0 Å². The van der Waals surface area contributed by atoms with Gasteiger partial charge in [0.1, 0.15) is 6.54 Å². The molecule has 21 heavy (non-hydrogen) atoms. The molecule has 0 spiro atoms. The minimum absolute atomic E-state index is 0.0162. The second kappa shape index (κ2) is 6.58. The first-order valence-electron chi connectivity index (χ1n) is 6.74. The van der Waals surface area contributed by atoms with Gasteiger partial charge in [-0.1, -0.05) is 0 Å². The third kappa shape index (κ3) is 4.46. The van der Waals surface area contributed by atoms with Gasteiger partial charge in [-0.2, -0.15) is 0 Å². The number of hydrogen-bond acceptors (Lipinski definition) is 4. The van der Waals surface area contributed by atoms with Crippen LogP contribution in [0.5, 0.6) is 0 Å². The standard InChI is InChI=1S/C15H19N3O2S/c1-10(7-13-5-3-11(2)21-13)17-14(19)9-18-8-12(16)4-6-15(18)20/h3-6,8,10H,7,9,16H2,1-2H3,(H,17,19). The molecule has 1 unspecified atom stereocenters. The van der Waals surface area contributed by atoms with Gasteiger partial charge in [-0.15, -0.1) is 11.3 Å². The molecule has 2 heterocycles. The van der Waals surface area contributed by atoms with Crippen molar-refractivity contribution in [2.24, 2.45) is 0 Å². The molecule has 3 N–H and O–H groups in total. The number of thiophene rings is 1. The molecule has 0 saturated carbocycles. The normalized spacial score (nSPS) is 12.1. The van der Waals surface area contributed by atoms with Crippen LogP contribution in [0.15, 0.2) is 35.3 Å². The summed E-state index contributed by atoms with van der Waals surface area (Å²) < 4.78 is 1.31. The van der Waals surface area contributed by atoms with E-state index in [0.717, 1.165) is 6.42 Å². The molecule has 5 nitrogen and oxygen atoms in total. The number of nitrogens with two attached hydrogens (primary N) is 1. The SMILES string of the molecule is Cc1ccc(CC(C)NC(=O)Cn2cc(N)ccc2=O)s1. The van der Waals surface area contributed by atoms with Crippen molar-refractivity contribution in [1.82, 2.24) is 9.88 Å². The number of aromatic nitrogens is 1. The number of anilines is 1. The van der Waals surface area contributed by atoms with Crippen molar-refractivity contribution in [2.75, 3.05) is 5.73 Å². The van der Waals surface area contributed by atoms with E-state index in [9.17, 15) is 9.59 Å². The Morgan fingerprint density at radius 3 is 2.81 bits per heavy atom. The molecule has 0 aromatic carbocycles. The summed E-state index contributed by atoms with van der Waals surface area (Å²) in [5.74, 6) is -0.191. The van der Waals surface area contributed by atoms with E-state index in [1.807, 2.05) is 6.92 Å². The minimum atomic E-state index is -0.235. The Labute approximate surface area is 127 Å². The Balaban J connectivity index is 1.92. The van der Waals surface area contributed by atoms with E-state index >= 15 is 0 Å². The second-order valence-electron chi connectivity index (χ2n) is 5.11. The van der Waals surface area contributed by atoms with E-state index in [4.69, 9.17) is 5.73 Å². The van der Waals surface area contributed by atoms with E-state index in [1.54, 1.807) is 11.3 Å². The number of carbonyl (C=O) groups is 1. The first-order chi connectivity index (χ1) is 9.94. The highest BCUT2D eigenvalue weighted by molar-refractivity contribution is 7.11. The van der Waals surface area contributed by atoms with E-state index in [-0.39, 0.29) is 24.1 Å². The lowest BCUT2D eigenvalue weighted by atomic mass is 10.2. The van der Waals surface area contributed by atoms with Crippen LogP contribution >= 0.6 is 11.3 Å². The summed E-state index contributed by atoms with van der Waals surface area (Å²) in [6, 6.07) is 7.05. The maximum atomic E-state index is 12.0. The predicted octanol–water partition coefficient (Wildman–Crippen LogP) is 1.55. The van der Waals surface area contributed by atoms with Crippen molar-refractivity contribution in [1.29, 1.82) is 0 Å². The molecule has 0 aliphatic heterocycles.